The van der Waals surface area contributed by atoms with Gasteiger partial charge in [0.1, 0.15) is 13.3 Å². The number of quaternary nitrogens is 2. The molecule has 0 aromatic heterocycles. The molecule has 18 heteroatoms. The highest BCUT2D eigenvalue weighted by atomic mass is 32.2. The van der Waals surface area contributed by atoms with Crippen molar-refractivity contribution in [3.8, 4) is 0 Å². The number of fused-ring (bicyclic) bond motifs is 4. The topological polar surface area (TPSA) is 130 Å². The molecule has 3 saturated heterocycles. The first-order valence-corrected chi connectivity index (χ1v) is 12.4. The minimum absolute atomic E-state index is 1.31. The smallest absolute Gasteiger partial charge is 0.485 e. The molecule has 2 N–H and O–H groups in total. The van der Waals surface area contributed by atoms with Crippen LogP contribution in [0.2, 0.25) is 0 Å². The summed E-state index contributed by atoms with van der Waals surface area (Å²) in [6.45, 7) is 13.5. The molecule has 3 rings (SSSR count). The van der Waals surface area contributed by atoms with E-state index in [-0.39, 0.29) is 0 Å². The first-order valence-electron chi connectivity index (χ1n) is 9.56. The molecule has 4 bridgehead atoms. The maximum Gasteiger partial charge on any atom is 0.485 e. The fraction of sp³-hybridized carbons (Fsp3) is 1.00. The van der Waals surface area contributed by atoms with Crippen LogP contribution in [-0.4, -0.2) is 112 Å². The van der Waals surface area contributed by atoms with E-state index in [4.69, 9.17) is 25.9 Å². The van der Waals surface area contributed by atoms with Crippen LogP contribution in [0.25, 0.3) is 0 Å². The van der Waals surface area contributed by atoms with Crippen molar-refractivity contribution in [1.29, 1.82) is 0 Å². The summed E-state index contributed by atoms with van der Waals surface area (Å²) in [7, 11) is -12.2. The number of nitrogens with zero attached hydrogens (tertiary/aromatic N) is 2. The van der Waals surface area contributed by atoms with E-state index in [0.29, 0.717) is 0 Å². The first-order chi connectivity index (χ1) is 14.4. The van der Waals surface area contributed by atoms with Crippen molar-refractivity contribution in [1.82, 2.24) is 9.80 Å². The largest absolute Gasteiger partial charge is 0.741 e. The maximum absolute atomic E-state index is 10.7. The number of hydrogen-bond acceptors (Lipinski definition) is 8. The van der Waals surface area contributed by atoms with Gasteiger partial charge in [-0.05, 0) is 0 Å². The first kappa shape index (κ1) is 29.3. The lowest BCUT2D eigenvalue weighted by Gasteiger charge is -2.39. The predicted octanol–water partition coefficient (Wildman–Crippen LogP) is -2.80. The van der Waals surface area contributed by atoms with E-state index in [1.165, 1.54) is 78.5 Å². The van der Waals surface area contributed by atoms with Crippen LogP contribution < -0.4 is 9.80 Å². The number of halogens is 6. The molecule has 3 aliphatic rings. The van der Waals surface area contributed by atoms with Crippen LogP contribution in [0.1, 0.15) is 12.8 Å². The third-order valence-electron chi connectivity index (χ3n) is 5.03. The monoisotopic (exact) mass is 524 g/mol. The molecule has 0 spiro atoms. The van der Waals surface area contributed by atoms with Gasteiger partial charge < -0.3 is 18.9 Å². The fourth-order valence-electron chi connectivity index (χ4n) is 3.48. The lowest BCUT2D eigenvalue weighted by atomic mass is 10.2. The summed E-state index contributed by atoms with van der Waals surface area (Å²) in [5.41, 5.74) is -11.3. The molecule has 192 valence electrons. The molecule has 32 heavy (non-hydrogen) atoms. The van der Waals surface area contributed by atoms with E-state index in [1.807, 2.05) is 9.80 Å². The van der Waals surface area contributed by atoms with Gasteiger partial charge in [-0.15, -0.1) is 0 Å². The Balaban J connectivity index is 0.000000273. The SMILES string of the molecule is C1CN2CC[NH+]3CCCN(CC[NH+](C1)C2)C3.O=S(=O)([O-])C(F)(F)F.O=S(=O)([O-])C(F)(F)F. The molecule has 0 aromatic rings. The van der Waals surface area contributed by atoms with Crippen molar-refractivity contribution in [3.63, 3.8) is 0 Å². The van der Waals surface area contributed by atoms with Gasteiger partial charge in [-0.2, -0.15) is 26.3 Å². The minimum atomic E-state index is -6.09. The predicted molar refractivity (Wildman–Crippen MR) is 95.0 cm³/mol. The van der Waals surface area contributed by atoms with Crippen LogP contribution >= 0.6 is 0 Å². The van der Waals surface area contributed by atoms with E-state index in [2.05, 4.69) is 9.80 Å². The van der Waals surface area contributed by atoms with Gasteiger partial charge in [-0.3, -0.25) is 9.80 Å². The minimum Gasteiger partial charge on any atom is -0.741 e. The van der Waals surface area contributed by atoms with E-state index < -0.39 is 31.3 Å². The van der Waals surface area contributed by atoms with Crippen molar-refractivity contribution < 1.29 is 62.1 Å². The van der Waals surface area contributed by atoms with E-state index >= 15 is 0 Å². The lowest BCUT2D eigenvalue weighted by molar-refractivity contribution is -0.934. The van der Waals surface area contributed by atoms with Gasteiger partial charge in [0.15, 0.2) is 20.2 Å². The molecule has 3 aliphatic heterocycles. The summed E-state index contributed by atoms with van der Waals surface area (Å²) in [6.07, 6.45) is 2.81. The Morgan fingerprint density at radius 1 is 0.594 bits per heavy atom. The molecule has 3 heterocycles. The molecule has 0 aliphatic carbocycles. The van der Waals surface area contributed by atoms with Crippen molar-refractivity contribution in [2.24, 2.45) is 0 Å². The quantitative estimate of drug-likeness (QED) is 0.198. The van der Waals surface area contributed by atoms with Gasteiger partial charge in [-0.25, -0.2) is 16.8 Å². The molecule has 4 atom stereocenters. The zero-order valence-electron chi connectivity index (χ0n) is 16.9. The highest BCUT2D eigenvalue weighted by Crippen LogP contribution is 2.21. The average molecular weight is 525 g/mol. The van der Waals surface area contributed by atoms with E-state index in [1.54, 1.807) is 0 Å². The molecule has 4 unspecified atom stereocenters. The Labute approximate surface area is 182 Å². The molecule has 3 fully saturated rings. The molecule has 0 aromatic carbocycles. The van der Waals surface area contributed by atoms with E-state index in [9.17, 15) is 26.3 Å². The second-order valence-corrected chi connectivity index (χ2v) is 10.3. The number of nitrogens with one attached hydrogen (secondary N) is 2. The van der Waals surface area contributed by atoms with Gasteiger partial charge in [0.2, 0.25) is 0 Å². The third-order valence-corrected chi connectivity index (χ3v) is 6.17. The molecule has 0 amide bonds. The van der Waals surface area contributed by atoms with Crippen molar-refractivity contribution in [3.05, 3.63) is 0 Å². The normalized spacial score (nSPS) is 29.5. The van der Waals surface area contributed by atoms with E-state index in [0.717, 1.165) is 0 Å². The highest BCUT2D eigenvalue weighted by Gasteiger charge is 2.37. The van der Waals surface area contributed by atoms with Crippen LogP contribution in [0.5, 0.6) is 0 Å². The second-order valence-electron chi connectivity index (χ2n) is 7.56. The zero-order valence-corrected chi connectivity index (χ0v) is 18.5. The average Bonchev–Trinajstić information content (AvgIpc) is 2.63. The number of hydrogen-bond donors (Lipinski definition) is 2. The summed E-state index contributed by atoms with van der Waals surface area (Å²) < 4.78 is 118. The molecular formula is C14H26F6N4O6S2. The molecule has 0 radical (unpaired) electrons. The van der Waals surface area contributed by atoms with Crippen LogP contribution in [0.15, 0.2) is 0 Å². The molecule has 0 saturated carbocycles. The Kier molecular flexibility index (Phi) is 10.6. The summed E-state index contributed by atoms with van der Waals surface area (Å²) in [4.78, 5) is 9.02. The Hall–Kier alpha value is -0.760. The van der Waals surface area contributed by atoms with Crippen molar-refractivity contribution >= 4 is 20.2 Å². The van der Waals surface area contributed by atoms with Crippen molar-refractivity contribution in [2.75, 3.05) is 65.7 Å². The third kappa shape index (κ3) is 10.4. The lowest BCUT2D eigenvalue weighted by Crippen LogP contribution is -3.18. The summed E-state index contributed by atoms with van der Waals surface area (Å²) in [5, 5.41) is 0. The van der Waals surface area contributed by atoms with Gasteiger partial charge in [0, 0.05) is 25.9 Å². The van der Waals surface area contributed by atoms with Gasteiger partial charge in [-0.1, -0.05) is 0 Å². The number of rotatable bonds is 0. The summed E-state index contributed by atoms with van der Waals surface area (Å²) in [5.74, 6) is 0. The standard InChI is InChI=1S/C12H24N4.2CHF3O3S/c1-3-13-7-9-15-5-2-6-16(12-15)10-8-14(4-1)11-13;2*2-1(3,4)8(5,6)7/h1-12H2;2*(H,5,6,7). The van der Waals surface area contributed by atoms with Crippen LogP contribution in [0.3, 0.4) is 0 Å². The van der Waals surface area contributed by atoms with Crippen LogP contribution in [0.4, 0.5) is 26.3 Å². The summed E-state index contributed by atoms with van der Waals surface area (Å²) >= 11 is 0. The molecular weight excluding hydrogens is 498 g/mol. The number of alkyl halides is 6. The zero-order chi connectivity index (χ0) is 24.8. The Morgan fingerprint density at radius 3 is 1.12 bits per heavy atom. The summed E-state index contributed by atoms with van der Waals surface area (Å²) in [6, 6.07) is 0. The second kappa shape index (κ2) is 11.6. The van der Waals surface area contributed by atoms with Gasteiger partial charge >= 0.3 is 11.0 Å². The van der Waals surface area contributed by atoms with Crippen LogP contribution in [0, 0.1) is 0 Å². The van der Waals surface area contributed by atoms with Gasteiger partial charge in [0.05, 0.1) is 39.3 Å². The fourth-order valence-corrected chi connectivity index (χ4v) is 3.48. The van der Waals surface area contributed by atoms with Gasteiger partial charge in [0.25, 0.3) is 0 Å². The van der Waals surface area contributed by atoms with Crippen molar-refractivity contribution in [2.45, 2.75) is 23.9 Å². The molecule has 10 nitrogen and oxygen atoms in total. The highest BCUT2D eigenvalue weighted by molar-refractivity contribution is 7.86. The Bertz CT molecular complexity index is 707. The maximum atomic E-state index is 10.7. The Morgan fingerprint density at radius 2 is 0.875 bits per heavy atom. The van der Waals surface area contributed by atoms with Crippen LogP contribution in [-0.2, 0) is 20.2 Å².